The number of nitrogens with two attached hydrogens (primary N) is 1. The Bertz CT molecular complexity index is 331. The molecule has 3 unspecified atom stereocenters. The molecule has 0 bridgehead atoms. The Kier molecular flexibility index (Phi) is 5.72. The molecule has 0 aromatic heterocycles. The lowest BCUT2D eigenvalue weighted by Crippen LogP contribution is -2.32. The lowest BCUT2D eigenvalue weighted by molar-refractivity contribution is 0.196. The SMILES string of the molecule is CC(C)C1=CC2CC[C@H](N)C(C)CCCC(C)[C@H]2CC1. The smallest absolute Gasteiger partial charge is 0.00647 e. The highest BCUT2D eigenvalue weighted by molar-refractivity contribution is 5.12. The van der Waals surface area contributed by atoms with Crippen LogP contribution in [0.1, 0.15) is 72.6 Å². The van der Waals surface area contributed by atoms with Gasteiger partial charge in [0.25, 0.3) is 0 Å². The van der Waals surface area contributed by atoms with Gasteiger partial charge in [-0.05, 0) is 61.7 Å². The number of hydrogen-bond acceptors (Lipinski definition) is 1. The molecule has 0 saturated heterocycles. The maximum atomic E-state index is 6.40. The molecule has 2 aliphatic rings. The first kappa shape index (κ1) is 16.1. The maximum Gasteiger partial charge on any atom is 0.00647 e. The van der Waals surface area contributed by atoms with Crippen LogP contribution in [0, 0.1) is 29.6 Å². The Balaban J connectivity index is 2.12. The summed E-state index contributed by atoms with van der Waals surface area (Å²) in [6.07, 6.45) is 12.0. The summed E-state index contributed by atoms with van der Waals surface area (Å²) in [5.74, 6) is 4.04. The van der Waals surface area contributed by atoms with Gasteiger partial charge in [0.1, 0.15) is 0 Å². The standard InChI is InChI=1S/C19H35N/c1-13(2)16-8-10-18-14(3)6-5-7-15(4)19(20)11-9-17(18)12-16/h12-15,17-19H,5-11,20H2,1-4H3/t14?,15?,17?,18-,19+/m1/s1. The highest BCUT2D eigenvalue weighted by atomic mass is 14.6. The molecule has 1 fully saturated rings. The molecule has 2 rings (SSSR count). The van der Waals surface area contributed by atoms with Gasteiger partial charge >= 0.3 is 0 Å². The van der Waals surface area contributed by atoms with Crippen LogP contribution in [0.3, 0.4) is 0 Å². The van der Waals surface area contributed by atoms with Crippen molar-refractivity contribution in [3.63, 3.8) is 0 Å². The minimum Gasteiger partial charge on any atom is -0.327 e. The van der Waals surface area contributed by atoms with Crippen LogP contribution in [0.5, 0.6) is 0 Å². The van der Waals surface area contributed by atoms with Crippen molar-refractivity contribution in [2.24, 2.45) is 35.3 Å². The molecular formula is C19H35N. The van der Waals surface area contributed by atoms with Gasteiger partial charge in [0.15, 0.2) is 0 Å². The summed E-state index contributed by atoms with van der Waals surface area (Å²) in [5, 5.41) is 0. The number of allylic oxidation sites excluding steroid dienone is 2. The van der Waals surface area contributed by atoms with Gasteiger partial charge in [-0.3, -0.25) is 0 Å². The van der Waals surface area contributed by atoms with Crippen LogP contribution < -0.4 is 5.73 Å². The van der Waals surface area contributed by atoms with Crippen molar-refractivity contribution in [3.8, 4) is 0 Å². The number of rotatable bonds is 1. The molecule has 0 amide bonds. The van der Waals surface area contributed by atoms with E-state index in [0.717, 1.165) is 23.7 Å². The fourth-order valence-corrected chi connectivity index (χ4v) is 4.37. The summed E-state index contributed by atoms with van der Waals surface area (Å²) in [6, 6.07) is 0.418. The third kappa shape index (κ3) is 3.87. The van der Waals surface area contributed by atoms with Gasteiger partial charge in [-0.2, -0.15) is 0 Å². The molecule has 0 aliphatic heterocycles. The van der Waals surface area contributed by atoms with E-state index in [0.29, 0.717) is 12.0 Å². The maximum absolute atomic E-state index is 6.40. The number of hydrogen-bond donors (Lipinski definition) is 1. The molecule has 0 aromatic carbocycles. The van der Waals surface area contributed by atoms with E-state index in [2.05, 4.69) is 33.8 Å². The first-order valence-corrected chi connectivity index (χ1v) is 8.95. The molecule has 116 valence electrons. The van der Waals surface area contributed by atoms with E-state index in [4.69, 9.17) is 5.73 Å². The Morgan fingerprint density at radius 2 is 1.70 bits per heavy atom. The minimum atomic E-state index is 0.418. The molecule has 0 spiro atoms. The summed E-state index contributed by atoms with van der Waals surface area (Å²) in [4.78, 5) is 0. The zero-order chi connectivity index (χ0) is 14.7. The molecular weight excluding hydrogens is 242 g/mol. The van der Waals surface area contributed by atoms with E-state index in [-0.39, 0.29) is 0 Å². The Hall–Kier alpha value is -0.300. The molecule has 1 nitrogen and oxygen atoms in total. The molecule has 0 heterocycles. The molecule has 5 atom stereocenters. The van der Waals surface area contributed by atoms with Crippen LogP contribution in [0.4, 0.5) is 0 Å². The van der Waals surface area contributed by atoms with Gasteiger partial charge in [0.2, 0.25) is 0 Å². The first-order valence-electron chi connectivity index (χ1n) is 8.95. The van der Waals surface area contributed by atoms with Crippen LogP contribution in [0.15, 0.2) is 11.6 Å². The molecule has 0 radical (unpaired) electrons. The highest BCUT2D eigenvalue weighted by Crippen LogP contribution is 2.41. The van der Waals surface area contributed by atoms with Crippen LogP contribution >= 0.6 is 0 Å². The van der Waals surface area contributed by atoms with Gasteiger partial charge in [-0.15, -0.1) is 0 Å². The predicted octanol–water partition coefficient (Wildman–Crippen LogP) is 5.16. The predicted molar refractivity (Wildman–Crippen MR) is 88.5 cm³/mol. The van der Waals surface area contributed by atoms with Gasteiger partial charge in [-0.1, -0.05) is 52.2 Å². The lowest BCUT2D eigenvalue weighted by Gasteiger charge is -2.37. The van der Waals surface area contributed by atoms with Crippen molar-refractivity contribution in [1.29, 1.82) is 0 Å². The summed E-state index contributed by atoms with van der Waals surface area (Å²) >= 11 is 0. The molecule has 1 heteroatoms. The monoisotopic (exact) mass is 277 g/mol. The van der Waals surface area contributed by atoms with Gasteiger partial charge in [0, 0.05) is 6.04 Å². The quantitative estimate of drug-likeness (QED) is 0.658. The van der Waals surface area contributed by atoms with Gasteiger partial charge in [0.05, 0.1) is 0 Å². The second kappa shape index (κ2) is 7.11. The Labute approximate surface area is 126 Å². The van der Waals surface area contributed by atoms with Gasteiger partial charge in [-0.25, -0.2) is 0 Å². The van der Waals surface area contributed by atoms with E-state index < -0.39 is 0 Å². The third-order valence-electron chi connectivity index (χ3n) is 6.10. The van der Waals surface area contributed by atoms with Crippen LogP contribution in [0.25, 0.3) is 0 Å². The van der Waals surface area contributed by atoms with E-state index in [9.17, 15) is 0 Å². The van der Waals surface area contributed by atoms with Crippen molar-refractivity contribution in [2.45, 2.75) is 78.7 Å². The first-order chi connectivity index (χ1) is 9.49. The summed E-state index contributed by atoms with van der Waals surface area (Å²) in [6.45, 7) is 9.55. The molecule has 2 N–H and O–H groups in total. The van der Waals surface area contributed by atoms with Gasteiger partial charge < -0.3 is 5.73 Å². The highest BCUT2D eigenvalue weighted by Gasteiger charge is 2.31. The second-order valence-electron chi connectivity index (χ2n) is 7.89. The van der Waals surface area contributed by atoms with Crippen molar-refractivity contribution >= 4 is 0 Å². The third-order valence-corrected chi connectivity index (χ3v) is 6.10. The largest absolute Gasteiger partial charge is 0.327 e. The van der Waals surface area contributed by atoms with Crippen molar-refractivity contribution in [3.05, 3.63) is 11.6 Å². The van der Waals surface area contributed by atoms with E-state index in [1.54, 1.807) is 5.57 Å². The minimum absolute atomic E-state index is 0.418. The Morgan fingerprint density at radius 3 is 2.40 bits per heavy atom. The summed E-state index contributed by atoms with van der Waals surface area (Å²) < 4.78 is 0. The molecule has 20 heavy (non-hydrogen) atoms. The second-order valence-corrected chi connectivity index (χ2v) is 7.89. The summed E-state index contributed by atoms with van der Waals surface area (Å²) in [7, 11) is 0. The van der Waals surface area contributed by atoms with Crippen molar-refractivity contribution in [2.75, 3.05) is 0 Å². The van der Waals surface area contributed by atoms with Crippen LogP contribution in [-0.4, -0.2) is 6.04 Å². The normalized spacial score (nSPS) is 40.1. The average molecular weight is 277 g/mol. The van der Waals surface area contributed by atoms with E-state index >= 15 is 0 Å². The van der Waals surface area contributed by atoms with E-state index in [1.807, 2.05) is 0 Å². The topological polar surface area (TPSA) is 26.0 Å². The Morgan fingerprint density at radius 1 is 1.00 bits per heavy atom. The van der Waals surface area contributed by atoms with Crippen LogP contribution in [-0.2, 0) is 0 Å². The zero-order valence-electron chi connectivity index (χ0n) is 14.1. The summed E-state index contributed by atoms with van der Waals surface area (Å²) in [5.41, 5.74) is 8.10. The molecule has 0 aromatic rings. The number of fused-ring (bicyclic) bond motifs is 1. The average Bonchev–Trinajstić information content (AvgIpc) is 2.43. The zero-order valence-corrected chi connectivity index (χ0v) is 14.1. The lowest BCUT2D eigenvalue weighted by atomic mass is 9.68. The van der Waals surface area contributed by atoms with E-state index in [1.165, 1.54) is 44.9 Å². The fourth-order valence-electron chi connectivity index (χ4n) is 4.37. The van der Waals surface area contributed by atoms with Crippen LogP contribution in [0.2, 0.25) is 0 Å². The van der Waals surface area contributed by atoms with Crippen molar-refractivity contribution < 1.29 is 0 Å². The fraction of sp³-hybridized carbons (Fsp3) is 0.895. The molecule has 1 saturated carbocycles. The molecule has 2 aliphatic carbocycles. The van der Waals surface area contributed by atoms with Crippen molar-refractivity contribution in [1.82, 2.24) is 0 Å².